The zero-order valence-electron chi connectivity index (χ0n) is 16.0. The van der Waals surface area contributed by atoms with Gasteiger partial charge in [0.1, 0.15) is 11.4 Å². The topological polar surface area (TPSA) is 67.0 Å². The summed E-state index contributed by atoms with van der Waals surface area (Å²) in [5.74, 6) is 0.819. The van der Waals surface area contributed by atoms with Crippen LogP contribution < -0.4 is 5.32 Å². The summed E-state index contributed by atoms with van der Waals surface area (Å²) >= 11 is 0. The number of ether oxygens (including phenoxy) is 1. The molecule has 1 amide bonds. The lowest BCUT2D eigenvalue weighted by Crippen LogP contribution is -2.36. The van der Waals surface area contributed by atoms with E-state index in [1.54, 1.807) is 0 Å². The Labute approximate surface area is 140 Å². The molecule has 0 saturated carbocycles. The highest BCUT2D eigenvalue weighted by atomic mass is 16.6. The maximum Gasteiger partial charge on any atom is 0.408 e. The Morgan fingerprint density at radius 3 is 2.17 bits per heavy atom. The summed E-state index contributed by atoms with van der Waals surface area (Å²) in [6.45, 7) is 16.3. The van der Waals surface area contributed by atoms with Gasteiger partial charge in [0.15, 0.2) is 0 Å². The molecule has 23 heavy (non-hydrogen) atoms. The van der Waals surface area contributed by atoms with E-state index in [4.69, 9.17) is 9.72 Å². The molecule has 0 spiro atoms. The number of alkyl carbamates (subject to hydrolysis) is 1. The first-order valence-corrected chi connectivity index (χ1v) is 8.52. The van der Waals surface area contributed by atoms with E-state index < -0.39 is 11.7 Å². The number of imidazole rings is 1. The van der Waals surface area contributed by atoms with E-state index in [0.717, 1.165) is 36.5 Å². The standard InChI is InChI=1S/C18H33N3O2/c1-9-12-13(10-2)20-15(19-12)14(11-17(3,4)5)21-16(22)23-18(6,7)8/h14H,9-11H2,1-8H3,(H,19,20)(H,21,22). The molecule has 0 radical (unpaired) electrons. The summed E-state index contributed by atoms with van der Waals surface area (Å²) in [4.78, 5) is 20.3. The largest absolute Gasteiger partial charge is 0.444 e. The van der Waals surface area contributed by atoms with Gasteiger partial charge >= 0.3 is 6.09 Å². The molecule has 0 bridgehead atoms. The molecule has 5 heteroatoms. The number of hydrogen-bond acceptors (Lipinski definition) is 3. The number of hydrogen-bond donors (Lipinski definition) is 2. The van der Waals surface area contributed by atoms with Gasteiger partial charge in [-0.05, 0) is 45.4 Å². The lowest BCUT2D eigenvalue weighted by Gasteiger charge is -2.27. The number of aryl methyl sites for hydroxylation is 2. The molecule has 1 aromatic heterocycles. The fourth-order valence-corrected chi connectivity index (χ4v) is 2.50. The first-order chi connectivity index (χ1) is 10.4. The van der Waals surface area contributed by atoms with Crippen molar-refractivity contribution < 1.29 is 9.53 Å². The van der Waals surface area contributed by atoms with Gasteiger partial charge in [-0.15, -0.1) is 0 Å². The predicted octanol–water partition coefficient (Wildman–Crippen LogP) is 4.54. The second kappa shape index (κ2) is 7.37. The zero-order chi connectivity index (χ0) is 17.8. The molecule has 0 aliphatic carbocycles. The van der Waals surface area contributed by atoms with Crippen LogP contribution in [0.2, 0.25) is 0 Å². The SMILES string of the molecule is CCc1nc(C(CC(C)(C)C)NC(=O)OC(C)(C)C)[nH]c1CC. The molecule has 0 saturated heterocycles. The summed E-state index contributed by atoms with van der Waals surface area (Å²) in [5, 5.41) is 2.98. The van der Waals surface area contributed by atoms with Crippen LogP contribution in [0.1, 0.15) is 85.1 Å². The number of carbonyl (C=O) groups is 1. The van der Waals surface area contributed by atoms with E-state index in [0.29, 0.717) is 0 Å². The number of aromatic nitrogens is 2. The van der Waals surface area contributed by atoms with Gasteiger partial charge in [-0.2, -0.15) is 0 Å². The number of H-pyrrole nitrogens is 1. The molecule has 132 valence electrons. The predicted molar refractivity (Wildman–Crippen MR) is 93.5 cm³/mol. The molecule has 0 aromatic carbocycles. The molecule has 1 rings (SSSR count). The van der Waals surface area contributed by atoms with Gasteiger partial charge in [0.25, 0.3) is 0 Å². The molecule has 1 aromatic rings. The van der Waals surface area contributed by atoms with Crippen LogP contribution in [-0.4, -0.2) is 21.7 Å². The quantitative estimate of drug-likeness (QED) is 0.836. The third kappa shape index (κ3) is 6.63. The molecule has 2 N–H and O–H groups in total. The molecule has 1 heterocycles. The summed E-state index contributed by atoms with van der Waals surface area (Å²) in [6, 6.07) is -0.185. The lowest BCUT2D eigenvalue weighted by atomic mass is 9.88. The van der Waals surface area contributed by atoms with E-state index in [2.05, 4.69) is 44.9 Å². The number of aromatic amines is 1. The van der Waals surface area contributed by atoms with E-state index >= 15 is 0 Å². The van der Waals surface area contributed by atoms with Crippen molar-refractivity contribution in [3.05, 3.63) is 17.2 Å². The Bertz CT molecular complexity index is 500. The van der Waals surface area contributed by atoms with Crippen LogP contribution in [0.15, 0.2) is 0 Å². The van der Waals surface area contributed by atoms with E-state index in [9.17, 15) is 4.79 Å². The Hall–Kier alpha value is -1.52. The highest BCUT2D eigenvalue weighted by Crippen LogP contribution is 2.29. The molecular weight excluding hydrogens is 290 g/mol. The summed E-state index contributed by atoms with van der Waals surface area (Å²) in [7, 11) is 0. The minimum atomic E-state index is -0.511. The van der Waals surface area contributed by atoms with Crippen molar-refractivity contribution in [1.29, 1.82) is 0 Å². The second-order valence-electron chi connectivity index (χ2n) is 8.22. The van der Waals surface area contributed by atoms with Gasteiger partial charge in [0.2, 0.25) is 0 Å². The molecular formula is C18H33N3O2. The van der Waals surface area contributed by atoms with Crippen molar-refractivity contribution >= 4 is 6.09 Å². The van der Waals surface area contributed by atoms with Crippen LogP contribution in [0.3, 0.4) is 0 Å². The van der Waals surface area contributed by atoms with Gasteiger partial charge in [-0.1, -0.05) is 34.6 Å². The van der Waals surface area contributed by atoms with E-state index in [1.165, 1.54) is 0 Å². The Kier molecular flexibility index (Phi) is 6.25. The first-order valence-electron chi connectivity index (χ1n) is 8.52. The van der Waals surface area contributed by atoms with E-state index in [1.807, 2.05) is 20.8 Å². The van der Waals surface area contributed by atoms with Gasteiger partial charge in [0, 0.05) is 5.69 Å². The highest BCUT2D eigenvalue weighted by Gasteiger charge is 2.27. The molecule has 1 atom stereocenters. The maximum absolute atomic E-state index is 12.2. The van der Waals surface area contributed by atoms with Crippen molar-refractivity contribution in [2.24, 2.45) is 5.41 Å². The fraction of sp³-hybridized carbons (Fsp3) is 0.778. The Morgan fingerprint density at radius 2 is 1.78 bits per heavy atom. The van der Waals surface area contributed by atoms with Crippen LogP contribution in [0.25, 0.3) is 0 Å². The van der Waals surface area contributed by atoms with Gasteiger partial charge in [-0.3, -0.25) is 0 Å². The number of nitrogens with zero attached hydrogens (tertiary/aromatic N) is 1. The second-order valence-corrected chi connectivity index (χ2v) is 8.22. The third-order valence-corrected chi connectivity index (χ3v) is 3.41. The average molecular weight is 323 g/mol. The normalized spacial score (nSPS) is 13.7. The Balaban J connectivity index is 3.01. The zero-order valence-corrected chi connectivity index (χ0v) is 16.0. The minimum absolute atomic E-state index is 0.0607. The van der Waals surface area contributed by atoms with Crippen molar-refractivity contribution in [2.75, 3.05) is 0 Å². The van der Waals surface area contributed by atoms with Crippen molar-refractivity contribution in [3.8, 4) is 0 Å². The van der Waals surface area contributed by atoms with Gasteiger partial charge in [-0.25, -0.2) is 9.78 Å². The average Bonchev–Trinajstić information content (AvgIpc) is 2.77. The summed E-state index contributed by atoms with van der Waals surface area (Å²) < 4.78 is 5.40. The van der Waals surface area contributed by atoms with Crippen LogP contribution in [0.5, 0.6) is 0 Å². The van der Waals surface area contributed by atoms with Crippen molar-refractivity contribution in [2.45, 2.75) is 86.3 Å². The molecule has 0 fully saturated rings. The summed E-state index contributed by atoms with van der Waals surface area (Å²) in [5.41, 5.74) is 1.77. The molecule has 0 aliphatic heterocycles. The van der Waals surface area contributed by atoms with Gasteiger partial charge < -0.3 is 15.0 Å². The van der Waals surface area contributed by atoms with Crippen LogP contribution in [-0.2, 0) is 17.6 Å². The smallest absolute Gasteiger partial charge is 0.408 e. The highest BCUT2D eigenvalue weighted by molar-refractivity contribution is 5.68. The van der Waals surface area contributed by atoms with Gasteiger partial charge in [0.05, 0.1) is 11.7 Å². The molecule has 1 unspecified atom stereocenters. The van der Waals surface area contributed by atoms with Crippen LogP contribution in [0.4, 0.5) is 4.79 Å². The molecule has 5 nitrogen and oxygen atoms in total. The van der Waals surface area contributed by atoms with E-state index in [-0.39, 0.29) is 11.5 Å². The Morgan fingerprint density at radius 1 is 1.17 bits per heavy atom. The monoisotopic (exact) mass is 323 g/mol. The molecule has 0 aliphatic rings. The third-order valence-electron chi connectivity index (χ3n) is 3.41. The minimum Gasteiger partial charge on any atom is -0.444 e. The lowest BCUT2D eigenvalue weighted by molar-refractivity contribution is 0.0489. The number of rotatable bonds is 5. The first kappa shape index (κ1) is 19.5. The van der Waals surface area contributed by atoms with Crippen LogP contribution >= 0.6 is 0 Å². The van der Waals surface area contributed by atoms with Crippen molar-refractivity contribution in [3.63, 3.8) is 0 Å². The fourth-order valence-electron chi connectivity index (χ4n) is 2.50. The summed E-state index contributed by atoms with van der Waals surface area (Å²) in [6.07, 6.45) is 2.17. The number of amides is 1. The number of carbonyl (C=O) groups excluding carboxylic acids is 1. The van der Waals surface area contributed by atoms with Crippen LogP contribution in [0, 0.1) is 5.41 Å². The maximum atomic E-state index is 12.2. The number of nitrogens with one attached hydrogen (secondary N) is 2. The van der Waals surface area contributed by atoms with Crippen molar-refractivity contribution in [1.82, 2.24) is 15.3 Å².